The van der Waals surface area contributed by atoms with Crippen LogP contribution < -0.4 is 10.1 Å². The van der Waals surface area contributed by atoms with Crippen LogP contribution in [-0.2, 0) is 14.3 Å². The SMILES string of the molecule is COc1ccc(NC(=O)C(C)OC(=O)/C=C/c2ccsc2)c([N+](=O)[O-])c1. The molecule has 136 valence electrons. The third kappa shape index (κ3) is 5.15. The van der Waals surface area contributed by atoms with Crippen molar-refractivity contribution in [2.24, 2.45) is 0 Å². The smallest absolute Gasteiger partial charge is 0.331 e. The number of methoxy groups -OCH3 is 1. The highest BCUT2D eigenvalue weighted by Crippen LogP contribution is 2.29. The van der Waals surface area contributed by atoms with Gasteiger partial charge in [-0.15, -0.1) is 0 Å². The topological polar surface area (TPSA) is 108 Å². The molecule has 1 N–H and O–H groups in total. The van der Waals surface area contributed by atoms with Crippen molar-refractivity contribution in [3.05, 3.63) is 56.8 Å². The summed E-state index contributed by atoms with van der Waals surface area (Å²) in [4.78, 5) is 34.4. The molecule has 1 aromatic heterocycles. The molecule has 1 unspecified atom stereocenters. The van der Waals surface area contributed by atoms with Crippen LogP contribution in [0.2, 0.25) is 0 Å². The second-order valence-corrected chi connectivity index (χ2v) is 5.88. The highest BCUT2D eigenvalue weighted by molar-refractivity contribution is 7.08. The number of anilines is 1. The quantitative estimate of drug-likeness (QED) is 0.344. The zero-order valence-electron chi connectivity index (χ0n) is 14.0. The largest absolute Gasteiger partial charge is 0.496 e. The normalized spacial score (nSPS) is 11.8. The zero-order chi connectivity index (χ0) is 19.1. The van der Waals surface area contributed by atoms with Gasteiger partial charge in [-0.25, -0.2) is 4.79 Å². The summed E-state index contributed by atoms with van der Waals surface area (Å²) in [5.74, 6) is -1.09. The fourth-order valence-corrected chi connectivity index (χ4v) is 2.56. The molecule has 26 heavy (non-hydrogen) atoms. The second kappa shape index (κ2) is 8.77. The van der Waals surface area contributed by atoms with Crippen LogP contribution in [-0.4, -0.2) is 30.0 Å². The van der Waals surface area contributed by atoms with Crippen molar-refractivity contribution >= 4 is 40.7 Å². The Balaban J connectivity index is 2.00. The van der Waals surface area contributed by atoms with Crippen LogP contribution in [0, 0.1) is 10.1 Å². The summed E-state index contributed by atoms with van der Waals surface area (Å²) in [5, 5.41) is 17.2. The number of nitrogens with one attached hydrogen (secondary N) is 1. The van der Waals surface area contributed by atoms with Gasteiger partial charge in [-0.05, 0) is 47.5 Å². The minimum Gasteiger partial charge on any atom is -0.496 e. The number of thiophene rings is 1. The molecule has 0 saturated heterocycles. The molecule has 9 heteroatoms. The highest BCUT2D eigenvalue weighted by atomic mass is 32.1. The fraction of sp³-hybridized carbons (Fsp3) is 0.176. The molecule has 0 aliphatic heterocycles. The van der Waals surface area contributed by atoms with Gasteiger partial charge in [0.25, 0.3) is 11.6 Å². The van der Waals surface area contributed by atoms with E-state index in [4.69, 9.17) is 9.47 Å². The van der Waals surface area contributed by atoms with Gasteiger partial charge in [0.15, 0.2) is 6.10 Å². The highest BCUT2D eigenvalue weighted by Gasteiger charge is 2.22. The summed E-state index contributed by atoms with van der Waals surface area (Å²) in [6.07, 6.45) is 1.65. The van der Waals surface area contributed by atoms with Crippen molar-refractivity contribution in [3.8, 4) is 5.75 Å². The molecule has 2 rings (SSSR count). The molecule has 0 spiro atoms. The molecular formula is C17H16N2O6S. The number of nitro benzene ring substituents is 1. The molecule has 0 fully saturated rings. The van der Waals surface area contributed by atoms with Crippen LogP contribution in [0.15, 0.2) is 41.1 Å². The maximum absolute atomic E-state index is 12.1. The van der Waals surface area contributed by atoms with E-state index in [1.165, 1.54) is 49.6 Å². The molecule has 0 bridgehead atoms. The van der Waals surface area contributed by atoms with Gasteiger partial charge in [-0.3, -0.25) is 14.9 Å². The van der Waals surface area contributed by atoms with Crippen LogP contribution in [0.3, 0.4) is 0 Å². The second-order valence-electron chi connectivity index (χ2n) is 5.10. The van der Waals surface area contributed by atoms with Crippen LogP contribution in [0.4, 0.5) is 11.4 Å². The van der Waals surface area contributed by atoms with Crippen molar-refractivity contribution in [1.82, 2.24) is 0 Å². The minimum atomic E-state index is -1.13. The van der Waals surface area contributed by atoms with Crippen LogP contribution in [0.1, 0.15) is 12.5 Å². The van der Waals surface area contributed by atoms with E-state index < -0.39 is 22.9 Å². The summed E-state index contributed by atoms with van der Waals surface area (Å²) < 4.78 is 9.93. The number of rotatable bonds is 7. The Labute approximate surface area is 153 Å². The van der Waals surface area contributed by atoms with Crippen LogP contribution >= 0.6 is 11.3 Å². The van der Waals surface area contributed by atoms with Gasteiger partial charge in [0.05, 0.1) is 18.1 Å². The van der Waals surface area contributed by atoms with E-state index in [0.29, 0.717) is 0 Å². The Morgan fingerprint density at radius 3 is 2.73 bits per heavy atom. The Morgan fingerprint density at radius 2 is 2.12 bits per heavy atom. The number of amides is 1. The van der Waals surface area contributed by atoms with E-state index in [1.807, 2.05) is 16.8 Å². The van der Waals surface area contributed by atoms with Crippen LogP contribution in [0.5, 0.6) is 5.75 Å². The fourth-order valence-electron chi connectivity index (χ4n) is 1.93. The third-order valence-corrected chi connectivity index (χ3v) is 3.98. The van der Waals surface area contributed by atoms with Gasteiger partial charge in [0, 0.05) is 6.08 Å². The Hall–Kier alpha value is -3.20. The van der Waals surface area contributed by atoms with Gasteiger partial charge >= 0.3 is 5.97 Å². The van der Waals surface area contributed by atoms with Gasteiger partial charge in [-0.1, -0.05) is 0 Å². The maximum Gasteiger partial charge on any atom is 0.331 e. The van der Waals surface area contributed by atoms with E-state index >= 15 is 0 Å². The first-order chi connectivity index (χ1) is 12.4. The number of carbonyl (C=O) groups is 2. The van der Waals surface area contributed by atoms with E-state index in [1.54, 1.807) is 6.08 Å². The summed E-state index contributed by atoms with van der Waals surface area (Å²) in [6, 6.07) is 5.84. The molecule has 0 radical (unpaired) electrons. The standard InChI is InChI=1S/C17H16N2O6S/c1-11(25-16(20)6-3-12-7-8-26-10-12)17(21)18-14-5-4-13(24-2)9-15(14)19(22)23/h3-11H,1-2H3,(H,18,21)/b6-3+. The van der Waals surface area contributed by atoms with Crippen LogP contribution in [0.25, 0.3) is 6.08 Å². The molecule has 8 nitrogen and oxygen atoms in total. The number of hydrogen-bond acceptors (Lipinski definition) is 7. The average molecular weight is 376 g/mol. The first kappa shape index (κ1) is 19.1. The molecule has 0 aliphatic carbocycles. The van der Waals surface area contributed by atoms with Gasteiger partial charge in [0.2, 0.25) is 0 Å². The Morgan fingerprint density at radius 1 is 1.35 bits per heavy atom. The van der Waals surface area contributed by atoms with Gasteiger partial charge < -0.3 is 14.8 Å². The molecular weight excluding hydrogens is 360 g/mol. The summed E-state index contributed by atoms with van der Waals surface area (Å²) in [6.45, 7) is 1.38. The lowest BCUT2D eigenvalue weighted by molar-refractivity contribution is -0.384. The monoisotopic (exact) mass is 376 g/mol. The van der Waals surface area contributed by atoms with Crippen molar-refractivity contribution in [2.75, 3.05) is 12.4 Å². The van der Waals surface area contributed by atoms with E-state index in [-0.39, 0.29) is 17.1 Å². The average Bonchev–Trinajstić information content (AvgIpc) is 3.13. The van der Waals surface area contributed by atoms with Crippen molar-refractivity contribution in [3.63, 3.8) is 0 Å². The third-order valence-electron chi connectivity index (χ3n) is 3.28. The Kier molecular flexibility index (Phi) is 6.45. The minimum absolute atomic E-state index is 0.0162. The van der Waals surface area contributed by atoms with Crippen molar-refractivity contribution < 1.29 is 24.0 Å². The predicted molar refractivity (Wildman–Crippen MR) is 97.2 cm³/mol. The Bertz CT molecular complexity index is 832. The van der Waals surface area contributed by atoms with Gasteiger partial charge in [-0.2, -0.15) is 11.3 Å². The zero-order valence-corrected chi connectivity index (χ0v) is 14.8. The summed E-state index contributed by atoms with van der Waals surface area (Å²) >= 11 is 1.49. The lowest BCUT2D eigenvalue weighted by Crippen LogP contribution is -2.29. The number of esters is 1. The first-order valence-corrected chi connectivity index (χ1v) is 8.39. The number of nitrogens with zero attached hydrogens (tertiary/aromatic N) is 1. The van der Waals surface area contributed by atoms with Gasteiger partial charge in [0.1, 0.15) is 11.4 Å². The first-order valence-electron chi connectivity index (χ1n) is 7.45. The number of benzene rings is 1. The summed E-state index contributed by atoms with van der Waals surface area (Å²) in [5.41, 5.74) is 0.504. The molecule has 1 heterocycles. The lowest BCUT2D eigenvalue weighted by Gasteiger charge is -2.13. The van der Waals surface area contributed by atoms with Crippen molar-refractivity contribution in [2.45, 2.75) is 13.0 Å². The van der Waals surface area contributed by atoms with E-state index in [0.717, 1.165) is 5.56 Å². The molecule has 0 saturated carbocycles. The molecule has 1 atom stereocenters. The number of ether oxygens (including phenoxy) is 2. The van der Waals surface area contributed by atoms with Crippen molar-refractivity contribution in [1.29, 1.82) is 0 Å². The molecule has 1 amide bonds. The number of hydrogen-bond donors (Lipinski definition) is 1. The molecule has 1 aromatic carbocycles. The molecule has 2 aromatic rings. The predicted octanol–water partition coefficient (Wildman–Crippen LogP) is 3.25. The summed E-state index contributed by atoms with van der Waals surface area (Å²) in [7, 11) is 1.38. The lowest BCUT2D eigenvalue weighted by atomic mass is 10.2. The molecule has 0 aliphatic rings. The van der Waals surface area contributed by atoms with E-state index in [9.17, 15) is 19.7 Å². The number of carbonyl (C=O) groups excluding carboxylic acids is 2. The maximum atomic E-state index is 12.1. The van der Waals surface area contributed by atoms with E-state index in [2.05, 4.69) is 5.32 Å². The number of nitro groups is 1.